The number of nitrogens with zero attached hydrogens (tertiary/aromatic N) is 3. The van der Waals surface area contributed by atoms with E-state index in [0.29, 0.717) is 0 Å². The van der Waals surface area contributed by atoms with E-state index >= 15 is 0 Å². The lowest BCUT2D eigenvalue weighted by Gasteiger charge is -2.31. The molecule has 6 heteroatoms. The largest absolute Gasteiger partial charge is 0.379 e. The van der Waals surface area contributed by atoms with Crippen molar-refractivity contribution < 1.29 is 4.74 Å². The second-order valence-electron chi connectivity index (χ2n) is 6.71. The van der Waals surface area contributed by atoms with E-state index in [1.54, 1.807) is 17.7 Å². The Morgan fingerprint density at radius 3 is 2.69 bits per heavy atom. The molecule has 0 radical (unpaired) electrons. The van der Waals surface area contributed by atoms with Crippen LogP contribution in [0.5, 0.6) is 0 Å². The van der Waals surface area contributed by atoms with Gasteiger partial charge in [-0.25, -0.2) is 9.97 Å². The van der Waals surface area contributed by atoms with Gasteiger partial charge in [-0.05, 0) is 25.0 Å². The van der Waals surface area contributed by atoms with Crippen molar-refractivity contribution in [2.75, 3.05) is 38.2 Å². The summed E-state index contributed by atoms with van der Waals surface area (Å²) in [5.41, 5.74) is 2.54. The molecule has 1 aliphatic heterocycles. The number of thiophene rings is 1. The monoisotopic (exact) mass is 368 g/mol. The number of nitrogens with one attached hydrogen (secondary N) is 1. The Labute approximate surface area is 158 Å². The predicted molar refractivity (Wildman–Crippen MR) is 107 cm³/mol. The van der Waals surface area contributed by atoms with Crippen LogP contribution in [0.15, 0.2) is 36.7 Å². The van der Waals surface area contributed by atoms with Crippen LogP contribution < -0.4 is 5.32 Å². The van der Waals surface area contributed by atoms with Gasteiger partial charge in [-0.3, -0.25) is 4.90 Å². The van der Waals surface area contributed by atoms with Crippen molar-refractivity contribution in [2.45, 2.75) is 19.9 Å². The van der Waals surface area contributed by atoms with Crippen molar-refractivity contribution in [3.8, 4) is 0 Å². The molecule has 4 rings (SSSR count). The topological polar surface area (TPSA) is 50.3 Å². The third kappa shape index (κ3) is 3.58. The van der Waals surface area contributed by atoms with E-state index < -0.39 is 0 Å². The van der Waals surface area contributed by atoms with Crippen LogP contribution in [0.25, 0.3) is 10.2 Å². The molecule has 2 aromatic heterocycles. The molecule has 0 amide bonds. The minimum Gasteiger partial charge on any atom is -0.379 e. The van der Waals surface area contributed by atoms with Gasteiger partial charge >= 0.3 is 0 Å². The molecule has 0 aliphatic carbocycles. The third-order valence-electron chi connectivity index (χ3n) is 5.02. The maximum atomic E-state index is 5.50. The molecule has 136 valence electrons. The van der Waals surface area contributed by atoms with Crippen molar-refractivity contribution in [1.29, 1.82) is 0 Å². The molecule has 1 saturated heterocycles. The summed E-state index contributed by atoms with van der Waals surface area (Å²) in [6, 6.07) is 10.8. The first-order valence-electron chi connectivity index (χ1n) is 9.04. The minimum absolute atomic E-state index is 0.173. The van der Waals surface area contributed by atoms with Gasteiger partial charge in [-0.15, -0.1) is 11.3 Å². The Hall–Kier alpha value is -2.02. The van der Waals surface area contributed by atoms with Crippen LogP contribution in [0.3, 0.4) is 0 Å². The van der Waals surface area contributed by atoms with Crippen molar-refractivity contribution in [2.24, 2.45) is 0 Å². The summed E-state index contributed by atoms with van der Waals surface area (Å²) < 4.78 is 5.50. The average Bonchev–Trinajstić information content (AvgIpc) is 2.98. The summed E-state index contributed by atoms with van der Waals surface area (Å²) in [5.74, 6) is 0.930. The normalized spacial score (nSPS) is 16.7. The standard InChI is InChI=1S/C20H24N4OS/c1-14-15(2)26-20-18(14)19(21-13-22-20)23-17(16-6-4-3-5-7-16)12-24-8-10-25-11-9-24/h3-7,13,17H,8-12H2,1-2H3,(H,21,22,23). The van der Waals surface area contributed by atoms with Crippen LogP contribution in [-0.4, -0.2) is 47.7 Å². The van der Waals surface area contributed by atoms with Gasteiger partial charge in [0.15, 0.2) is 0 Å². The number of hydrogen-bond donors (Lipinski definition) is 1. The van der Waals surface area contributed by atoms with Crippen LogP contribution in [0, 0.1) is 13.8 Å². The third-order valence-corrected chi connectivity index (χ3v) is 6.14. The minimum atomic E-state index is 0.173. The summed E-state index contributed by atoms with van der Waals surface area (Å²) in [6.07, 6.45) is 1.66. The summed E-state index contributed by atoms with van der Waals surface area (Å²) in [6.45, 7) is 8.79. The molecule has 0 saturated carbocycles. The van der Waals surface area contributed by atoms with Gasteiger partial charge < -0.3 is 10.1 Å². The van der Waals surface area contributed by atoms with Gasteiger partial charge in [0.25, 0.3) is 0 Å². The summed E-state index contributed by atoms with van der Waals surface area (Å²) in [4.78, 5) is 13.8. The molecular formula is C20H24N4OS. The number of aryl methyl sites for hydroxylation is 2. The number of rotatable bonds is 5. The lowest BCUT2D eigenvalue weighted by molar-refractivity contribution is 0.0361. The van der Waals surface area contributed by atoms with E-state index in [1.807, 2.05) is 0 Å². The molecule has 1 N–H and O–H groups in total. The molecule has 5 nitrogen and oxygen atoms in total. The van der Waals surface area contributed by atoms with Crippen LogP contribution in [0.2, 0.25) is 0 Å². The first-order valence-corrected chi connectivity index (χ1v) is 9.86. The number of morpholine rings is 1. The number of ether oxygens (including phenoxy) is 1. The van der Waals surface area contributed by atoms with Crippen LogP contribution >= 0.6 is 11.3 Å². The Morgan fingerprint density at radius 2 is 1.92 bits per heavy atom. The molecule has 3 heterocycles. The highest BCUT2D eigenvalue weighted by Gasteiger charge is 2.20. The highest BCUT2D eigenvalue weighted by molar-refractivity contribution is 7.18. The van der Waals surface area contributed by atoms with E-state index in [4.69, 9.17) is 4.74 Å². The van der Waals surface area contributed by atoms with Crippen molar-refractivity contribution in [3.63, 3.8) is 0 Å². The Balaban J connectivity index is 1.66. The van der Waals surface area contributed by atoms with Gasteiger partial charge in [-0.1, -0.05) is 30.3 Å². The Bertz CT molecular complexity index is 874. The van der Waals surface area contributed by atoms with E-state index in [1.165, 1.54) is 16.0 Å². The highest BCUT2D eigenvalue weighted by atomic mass is 32.1. The average molecular weight is 369 g/mol. The molecule has 1 aliphatic rings. The zero-order valence-electron chi connectivity index (χ0n) is 15.2. The number of anilines is 1. The number of aromatic nitrogens is 2. The Kier molecular flexibility index (Phi) is 5.15. The van der Waals surface area contributed by atoms with Crippen molar-refractivity contribution in [1.82, 2.24) is 14.9 Å². The maximum Gasteiger partial charge on any atom is 0.138 e. The van der Waals surface area contributed by atoms with Gasteiger partial charge in [0.1, 0.15) is 17.0 Å². The molecule has 3 aromatic rings. The fraction of sp³-hybridized carbons (Fsp3) is 0.400. The molecule has 1 aromatic carbocycles. The van der Waals surface area contributed by atoms with Gasteiger partial charge in [0, 0.05) is 24.5 Å². The van der Waals surface area contributed by atoms with Crippen molar-refractivity contribution >= 4 is 27.4 Å². The molecule has 1 unspecified atom stereocenters. The van der Waals surface area contributed by atoms with E-state index in [9.17, 15) is 0 Å². The first kappa shape index (κ1) is 17.4. The van der Waals surface area contributed by atoms with Crippen LogP contribution in [0.1, 0.15) is 22.0 Å². The fourth-order valence-electron chi connectivity index (χ4n) is 3.42. The zero-order chi connectivity index (χ0) is 17.9. The molecule has 1 atom stereocenters. The maximum absolute atomic E-state index is 5.50. The Morgan fingerprint density at radius 1 is 1.15 bits per heavy atom. The quantitative estimate of drug-likeness (QED) is 0.742. The molecule has 0 bridgehead atoms. The lowest BCUT2D eigenvalue weighted by atomic mass is 10.1. The van der Waals surface area contributed by atoms with Gasteiger partial charge in [0.2, 0.25) is 0 Å². The molecule has 26 heavy (non-hydrogen) atoms. The van der Waals surface area contributed by atoms with Crippen molar-refractivity contribution in [3.05, 3.63) is 52.7 Å². The SMILES string of the molecule is Cc1sc2ncnc(NC(CN3CCOCC3)c3ccccc3)c2c1C. The van der Waals surface area contributed by atoms with E-state index in [2.05, 4.69) is 64.4 Å². The molecular weight excluding hydrogens is 344 g/mol. The second-order valence-corrected chi connectivity index (χ2v) is 7.91. The predicted octanol–water partition coefficient (Wildman–Crippen LogP) is 3.79. The van der Waals surface area contributed by atoms with Crippen LogP contribution in [-0.2, 0) is 4.74 Å². The molecule has 0 spiro atoms. The summed E-state index contributed by atoms with van der Waals surface area (Å²) in [5, 5.41) is 4.86. The first-order chi connectivity index (χ1) is 12.7. The number of fused-ring (bicyclic) bond motifs is 1. The smallest absolute Gasteiger partial charge is 0.138 e. The van der Waals surface area contributed by atoms with Gasteiger partial charge in [0.05, 0.1) is 24.6 Å². The van der Waals surface area contributed by atoms with E-state index in [0.717, 1.165) is 48.9 Å². The lowest BCUT2D eigenvalue weighted by Crippen LogP contribution is -2.40. The van der Waals surface area contributed by atoms with Crippen LogP contribution in [0.4, 0.5) is 5.82 Å². The molecule has 1 fully saturated rings. The van der Waals surface area contributed by atoms with Gasteiger partial charge in [-0.2, -0.15) is 0 Å². The highest BCUT2D eigenvalue weighted by Crippen LogP contribution is 2.34. The number of benzene rings is 1. The second kappa shape index (κ2) is 7.70. The summed E-state index contributed by atoms with van der Waals surface area (Å²) in [7, 11) is 0. The number of hydrogen-bond acceptors (Lipinski definition) is 6. The summed E-state index contributed by atoms with van der Waals surface area (Å²) >= 11 is 1.73. The van der Waals surface area contributed by atoms with E-state index in [-0.39, 0.29) is 6.04 Å². The zero-order valence-corrected chi connectivity index (χ0v) is 16.1. The fourth-order valence-corrected chi connectivity index (χ4v) is 4.42.